The predicted octanol–water partition coefficient (Wildman–Crippen LogP) is 3.37. The third kappa shape index (κ3) is 4.79. The van der Waals surface area contributed by atoms with E-state index in [0.29, 0.717) is 5.56 Å². The van der Waals surface area contributed by atoms with Gasteiger partial charge in [0.1, 0.15) is 0 Å². The van der Waals surface area contributed by atoms with Crippen LogP contribution in [0, 0.1) is 10.1 Å². The van der Waals surface area contributed by atoms with E-state index in [1.165, 1.54) is 6.92 Å². The first-order valence-corrected chi connectivity index (χ1v) is 8.48. The summed E-state index contributed by atoms with van der Waals surface area (Å²) in [6.07, 6.45) is -0.283. The van der Waals surface area contributed by atoms with Crippen LogP contribution in [0.4, 0.5) is 5.69 Å². The molecule has 0 aliphatic rings. The van der Waals surface area contributed by atoms with Gasteiger partial charge in [0, 0.05) is 17.7 Å². The maximum absolute atomic E-state index is 12.4. The molecule has 8 nitrogen and oxygen atoms in total. The summed E-state index contributed by atoms with van der Waals surface area (Å²) in [5, 5.41) is 11.1. The maximum atomic E-state index is 12.4. The van der Waals surface area contributed by atoms with E-state index < -0.39 is 34.4 Å². The number of rotatable bonds is 7. The average molecular weight is 385 g/mol. The van der Waals surface area contributed by atoms with Gasteiger partial charge in [-0.05, 0) is 25.0 Å². The van der Waals surface area contributed by atoms with Crippen molar-refractivity contribution in [1.82, 2.24) is 0 Å². The first-order chi connectivity index (χ1) is 13.3. The molecule has 2 aromatic rings. The number of aryl methyl sites for hydroxylation is 1. The van der Waals surface area contributed by atoms with Crippen LogP contribution in [0.2, 0.25) is 0 Å². The number of carbonyl (C=O) groups excluding carboxylic acids is 3. The number of nitro benzene ring substituents is 1. The second-order valence-corrected chi connectivity index (χ2v) is 5.98. The molecule has 146 valence electrons. The standard InChI is InChI=1S/C20H19NO7/c1-4-13-5-7-14(8-6-13)18(22)12(2)28-20(24)16-9-15(19(23)27-3)10-17(11-16)21(25)26/h5-12H,4H2,1-3H3/t12-/m1/s1. The molecule has 0 aromatic heterocycles. The lowest BCUT2D eigenvalue weighted by atomic mass is 10.0. The van der Waals surface area contributed by atoms with Crippen molar-refractivity contribution in [3.63, 3.8) is 0 Å². The van der Waals surface area contributed by atoms with Crippen LogP contribution in [0.3, 0.4) is 0 Å². The summed E-state index contributed by atoms with van der Waals surface area (Å²) in [7, 11) is 1.11. The number of benzene rings is 2. The largest absolute Gasteiger partial charge is 0.465 e. The zero-order valence-corrected chi connectivity index (χ0v) is 15.6. The van der Waals surface area contributed by atoms with E-state index in [0.717, 1.165) is 37.3 Å². The lowest BCUT2D eigenvalue weighted by Crippen LogP contribution is -2.24. The summed E-state index contributed by atoms with van der Waals surface area (Å²) < 4.78 is 9.68. The first-order valence-electron chi connectivity index (χ1n) is 8.48. The van der Waals surface area contributed by atoms with Crippen LogP contribution in [-0.4, -0.2) is 35.9 Å². The van der Waals surface area contributed by atoms with Gasteiger partial charge in [-0.3, -0.25) is 14.9 Å². The number of methoxy groups -OCH3 is 1. The molecule has 0 bridgehead atoms. The highest BCUT2D eigenvalue weighted by molar-refractivity contribution is 6.02. The van der Waals surface area contributed by atoms with Crippen molar-refractivity contribution in [3.8, 4) is 0 Å². The van der Waals surface area contributed by atoms with Crippen LogP contribution in [0.25, 0.3) is 0 Å². The number of carbonyl (C=O) groups is 3. The molecule has 28 heavy (non-hydrogen) atoms. The van der Waals surface area contributed by atoms with Crippen LogP contribution in [-0.2, 0) is 15.9 Å². The zero-order chi connectivity index (χ0) is 20.8. The van der Waals surface area contributed by atoms with Crippen molar-refractivity contribution in [2.45, 2.75) is 26.4 Å². The Morgan fingerprint density at radius 1 is 1.00 bits per heavy atom. The third-order valence-electron chi connectivity index (χ3n) is 4.09. The second kappa shape index (κ2) is 8.90. The summed E-state index contributed by atoms with van der Waals surface area (Å²) in [4.78, 5) is 46.8. The topological polar surface area (TPSA) is 113 Å². The van der Waals surface area contributed by atoms with Gasteiger partial charge in [-0.15, -0.1) is 0 Å². The van der Waals surface area contributed by atoms with E-state index in [1.807, 2.05) is 19.1 Å². The Morgan fingerprint density at radius 2 is 1.57 bits per heavy atom. The summed E-state index contributed by atoms with van der Waals surface area (Å²) >= 11 is 0. The second-order valence-electron chi connectivity index (χ2n) is 5.98. The van der Waals surface area contributed by atoms with Crippen molar-refractivity contribution in [2.24, 2.45) is 0 Å². The number of esters is 2. The van der Waals surface area contributed by atoms with Crippen molar-refractivity contribution in [3.05, 3.63) is 74.8 Å². The highest BCUT2D eigenvalue weighted by Crippen LogP contribution is 2.20. The first kappa shape index (κ1) is 20.8. The Labute approximate surface area is 161 Å². The minimum atomic E-state index is -1.11. The number of nitro groups is 1. The van der Waals surface area contributed by atoms with Crippen molar-refractivity contribution >= 4 is 23.4 Å². The molecule has 1 atom stereocenters. The van der Waals surface area contributed by atoms with Crippen molar-refractivity contribution in [1.29, 1.82) is 0 Å². The van der Waals surface area contributed by atoms with E-state index in [-0.39, 0.29) is 11.1 Å². The molecule has 8 heteroatoms. The Hall–Kier alpha value is -3.55. The molecule has 0 unspecified atom stereocenters. The van der Waals surface area contributed by atoms with E-state index in [9.17, 15) is 24.5 Å². The average Bonchev–Trinajstić information content (AvgIpc) is 2.72. The van der Waals surface area contributed by atoms with Gasteiger partial charge in [0.25, 0.3) is 5.69 Å². The lowest BCUT2D eigenvalue weighted by molar-refractivity contribution is -0.384. The van der Waals surface area contributed by atoms with Crippen LogP contribution in [0.5, 0.6) is 0 Å². The fourth-order valence-corrected chi connectivity index (χ4v) is 2.49. The molecule has 0 aliphatic heterocycles. The van der Waals surface area contributed by atoms with Gasteiger partial charge >= 0.3 is 11.9 Å². The lowest BCUT2D eigenvalue weighted by Gasteiger charge is -2.13. The molecule has 0 aliphatic carbocycles. The van der Waals surface area contributed by atoms with E-state index in [4.69, 9.17) is 4.74 Å². The minimum Gasteiger partial charge on any atom is -0.465 e. The zero-order valence-electron chi connectivity index (χ0n) is 15.6. The van der Waals surface area contributed by atoms with Crippen LogP contribution < -0.4 is 0 Å². The monoisotopic (exact) mass is 385 g/mol. The normalized spacial score (nSPS) is 11.4. The molecular weight excluding hydrogens is 366 g/mol. The predicted molar refractivity (Wildman–Crippen MR) is 99.5 cm³/mol. The SMILES string of the molecule is CCc1ccc(C(=O)[C@@H](C)OC(=O)c2cc(C(=O)OC)cc([N+](=O)[O-])c2)cc1. The molecule has 0 fully saturated rings. The van der Waals surface area contributed by atoms with Crippen LogP contribution in [0.1, 0.15) is 50.5 Å². The highest BCUT2D eigenvalue weighted by Gasteiger charge is 2.23. The van der Waals surface area contributed by atoms with Gasteiger partial charge in [0.2, 0.25) is 5.78 Å². The Morgan fingerprint density at radius 3 is 2.07 bits per heavy atom. The summed E-state index contributed by atoms with van der Waals surface area (Å²) in [5.74, 6) is -2.20. The molecule has 0 heterocycles. The quantitative estimate of drug-likeness (QED) is 0.311. The smallest absolute Gasteiger partial charge is 0.339 e. The Balaban J connectivity index is 2.22. The maximum Gasteiger partial charge on any atom is 0.339 e. The molecule has 2 rings (SSSR count). The van der Waals surface area contributed by atoms with E-state index >= 15 is 0 Å². The number of hydrogen-bond acceptors (Lipinski definition) is 7. The molecule has 0 amide bonds. The number of non-ortho nitro benzene ring substituents is 1. The van der Waals surface area contributed by atoms with Gasteiger partial charge in [0.15, 0.2) is 6.10 Å². The summed E-state index contributed by atoms with van der Waals surface area (Å²) in [5.41, 5.74) is 0.581. The van der Waals surface area contributed by atoms with E-state index in [1.54, 1.807) is 12.1 Å². The van der Waals surface area contributed by atoms with Gasteiger partial charge in [-0.1, -0.05) is 31.2 Å². The third-order valence-corrected chi connectivity index (χ3v) is 4.09. The molecule has 0 saturated heterocycles. The molecular formula is C20H19NO7. The van der Waals surface area contributed by atoms with Crippen LogP contribution in [0.15, 0.2) is 42.5 Å². The van der Waals surface area contributed by atoms with E-state index in [2.05, 4.69) is 4.74 Å². The molecule has 0 saturated carbocycles. The molecule has 0 spiro atoms. The summed E-state index contributed by atoms with van der Waals surface area (Å²) in [6, 6.07) is 10.0. The van der Waals surface area contributed by atoms with Crippen LogP contribution >= 0.6 is 0 Å². The Bertz CT molecular complexity index is 919. The van der Waals surface area contributed by atoms with Crippen molar-refractivity contribution < 1.29 is 28.8 Å². The van der Waals surface area contributed by atoms with Gasteiger partial charge in [-0.2, -0.15) is 0 Å². The van der Waals surface area contributed by atoms with Crippen molar-refractivity contribution in [2.75, 3.05) is 7.11 Å². The summed E-state index contributed by atoms with van der Waals surface area (Å²) in [6.45, 7) is 3.40. The number of nitrogens with zero attached hydrogens (tertiary/aromatic N) is 1. The van der Waals surface area contributed by atoms with Gasteiger partial charge in [0.05, 0.1) is 23.2 Å². The fourth-order valence-electron chi connectivity index (χ4n) is 2.49. The molecule has 0 N–H and O–H groups in total. The molecule has 2 aromatic carbocycles. The number of hydrogen-bond donors (Lipinski definition) is 0. The van der Waals surface area contributed by atoms with Gasteiger partial charge < -0.3 is 9.47 Å². The highest BCUT2D eigenvalue weighted by atomic mass is 16.6. The number of Topliss-reactive ketones (excluding diaryl/α,β-unsaturated/α-hetero) is 1. The number of ether oxygens (including phenoxy) is 2. The fraction of sp³-hybridized carbons (Fsp3) is 0.250. The number of ketones is 1. The van der Waals surface area contributed by atoms with Gasteiger partial charge in [-0.25, -0.2) is 9.59 Å². The Kier molecular flexibility index (Phi) is 6.59. The molecule has 0 radical (unpaired) electrons. The minimum absolute atomic E-state index is 0.169.